The standard InChI is InChI=1S/C17H17ClN2O3S/c18-14-2-4-15(5-3-14)24-17-6-1-13(11-16(17)20(21)22)12-19-7-9-23-10-8-19/h1-6,11H,7-10,12H2/p+1. The van der Waals surface area contributed by atoms with E-state index >= 15 is 0 Å². The molecule has 1 aliphatic heterocycles. The van der Waals surface area contributed by atoms with Crippen LogP contribution in [0.3, 0.4) is 0 Å². The Labute approximate surface area is 149 Å². The van der Waals surface area contributed by atoms with Crippen molar-refractivity contribution in [2.75, 3.05) is 26.3 Å². The molecule has 7 heteroatoms. The number of nitro groups is 1. The summed E-state index contributed by atoms with van der Waals surface area (Å²) in [5.74, 6) is 0. The minimum absolute atomic E-state index is 0.153. The lowest BCUT2D eigenvalue weighted by molar-refractivity contribution is -0.921. The first-order valence-corrected chi connectivity index (χ1v) is 8.93. The summed E-state index contributed by atoms with van der Waals surface area (Å²) in [5.41, 5.74) is 1.14. The van der Waals surface area contributed by atoms with E-state index in [0.717, 1.165) is 43.3 Å². The van der Waals surface area contributed by atoms with E-state index < -0.39 is 0 Å². The number of nitro benzene ring substituents is 1. The first kappa shape index (κ1) is 17.2. The Balaban J connectivity index is 1.79. The largest absolute Gasteiger partial charge is 0.370 e. The molecule has 24 heavy (non-hydrogen) atoms. The number of morpholine rings is 1. The van der Waals surface area contributed by atoms with Gasteiger partial charge in [-0.25, -0.2) is 0 Å². The zero-order valence-corrected chi connectivity index (χ0v) is 14.6. The molecule has 3 rings (SSSR count). The normalized spacial score (nSPS) is 15.4. The molecule has 0 bridgehead atoms. The molecule has 0 aromatic heterocycles. The van der Waals surface area contributed by atoms with Gasteiger partial charge in [-0.3, -0.25) is 10.1 Å². The Morgan fingerprint density at radius 2 is 1.88 bits per heavy atom. The molecule has 0 amide bonds. The molecule has 2 aromatic rings. The van der Waals surface area contributed by atoms with Crippen LogP contribution in [0.4, 0.5) is 5.69 Å². The van der Waals surface area contributed by atoms with Crippen molar-refractivity contribution in [1.82, 2.24) is 0 Å². The van der Waals surface area contributed by atoms with Crippen LogP contribution in [0.5, 0.6) is 0 Å². The van der Waals surface area contributed by atoms with Gasteiger partial charge in [-0.2, -0.15) is 0 Å². The molecule has 5 nitrogen and oxygen atoms in total. The molecule has 2 aromatic carbocycles. The Morgan fingerprint density at radius 1 is 1.17 bits per heavy atom. The van der Waals surface area contributed by atoms with E-state index in [1.165, 1.54) is 16.7 Å². The van der Waals surface area contributed by atoms with E-state index in [1.54, 1.807) is 18.2 Å². The Morgan fingerprint density at radius 3 is 2.54 bits per heavy atom. The van der Waals surface area contributed by atoms with Crippen molar-refractivity contribution in [3.8, 4) is 0 Å². The maximum atomic E-state index is 11.5. The average Bonchev–Trinajstić information content (AvgIpc) is 2.59. The topological polar surface area (TPSA) is 56.8 Å². The number of halogens is 1. The second kappa shape index (κ2) is 7.98. The van der Waals surface area contributed by atoms with Crippen LogP contribution in [0.1, 0.15) is 5.56 Å². The summed E-state index contributed by atoms with van der Waals surface area (Å²) in [5, 5.41) is 12.1. The summed E-state index contributed by atoms with van der Waals surface area (Å²) < 4.78 is 5.35. The zero-order valence-electron chi connectivity index (χ0n) is 13.0. The van der Waals surface area contributed by atoms with Crippen LogP contribution in [0.25, 0.3) is 0 Å². The van der Waals surface area contributed by atoms with Crippen molar-refractivity contribution in [3.63, 3.8) is 0 Å². The molecule has 1 fully saturated rings. The van der Waals surface area contributed by atoms with E-state index in [0.29, 0.717) is 9.92 Å². The highest BCUT2D eigenvalue weighted by molar-refractivity contribution is 7.99. The number of hydrogen-bond acceptors (Lipinski definition) is 4. The van der Waals surface area contributed by atoms with Gasteiger partial charge in [-0.15, -0.1) is 0 Å². The highest BCUT2D eigenvalue weighted by atomic mass is 35.5. The van der Waals surface area contributed by atoms with Gasteiger partial charge in [0.2, 0.25) is 0 Å². The first-order valence-electron chi connectivity index (χ1n) is 7.74. The van der Waals surface area contributed by atoms with Crippen LogP contribution in [0.2, 0.25) is 5.02 Å². The number of nitrogens with zero attached hydrogens (tertiary/aromatic N) is 1. The molecular weight excluding hydrogens is 348 g/mol. The molecule has 1 N–H and O–H groups in total. The molecule has 1 saturated heterocycles. The van der Waals surface area contributed by atoms with Crippen molar-refractivity contribution in [1.29, 1.82) is 0 Å². The summed E-state index contributed by atoms with van der Waals surface area (Å²) in [7, 11) is 0. The molecule has 0 saturated carbocycles. The van der Waals surface area contributed by atoms with Gasteiger partial charge in [0.15, 0.2) is 0 Å². The van der Waals surface area contributed by atoms with Gasteiger partial charge in [0.05, 0.1) is 23.0 Å². The fraction of sp³-hybridized carbons (Fsp3) is 0.294. The Hall–Kier alpha value is -1.60. The molecule has 0 unspecified atom stereocenters. The second-order valence-electron chi connectivity index (χ2n) is 5.65. The average molecular weight is 366 g/mol. The van der Waals surface area contributed by atoms with Crippen LogP contribution in [-0.4, -0.2) is 31.2 Å². The SMILES string of the molecule is O=[N+]([O-])c1cc(C[NH+]2CCOCC2)ccc1Sc1ccc(Cl)cc1. The summed E-state index contributed by atoms with van der Waals surface area (Å²) in [6.07, 6.45) is 0. The molecule has 0 atom stereocenters. The highest BCUT2D eigenvalue weighted by Crippen LogP contribution is 2.35. The smallest absolute Gasteiger partial charge is 0.283 e. The van der Waals surface area contributed by atoms with E-state index in [2.05, 4.69) is 0 Å². The summed E-state index contributed by atoms with van der Waals surface area (Å²) in [6, 6.07) is 12.8. The molecule has 0 radical (unpaired) electrons. The van der Waals surface area contributed by atoms with Gasteiger partial charge >= 0.3 is 0 Å². The lowest BCUT2D eigenvalue weighted by atomic mass is 10.2. The fourth-order valence-corrected chi connectivity index (χ4v) is 3.68. The van der Waals surface area contributed by atoms with E-state index in [9.17, 15) is 10.1 Å². The van der Waals surface area contributed by atoms with E-state index in [-0.39, 0.29) is 10.6 Å². The van der Waals surface area contributed by atoms with E-state index in [4.69, 9.17) is 16.3 Å². The maximum Gasteiger partial charge on any atom is 0.283 e. The lowest BCUT2D eigenvalue weighted by Crippen LogP contribution is -3.12. The van der Waals surface area contributed by atoms with Crippen molar-refractivity contribution in [2.45, 2.75) is 16.3 Å². The number of nitrogens with one attached hydrogen (secondary N) is 1. The third-order valence-electron chi connectivity index (χ3n) is 3.92. The van der Waals surface area contributed by atoms with Crippen LogP contribution in [0, 0.1) is 10.1 Å². The highest BCUT2D eigenvalue weighted by Gasteiger charge is 2.19. The number of hydrogen-bond donors (Lipinski definition) is 1. The molecular formula is C17H18ClN2O3S+. The maximum absolute atomic E-state index is 11.5. The minimum Gasteiger partial charge on any atom is -0.370 e. The molecule has 0 aliphatic carbocycles. The van der Waals surface area contributed by atoms with Crippen molar-refractivity contribution in [2.24, 2.45) is 0 Å². The van der Waals surface area contributed by atoms with Crippen LogP contribution >= 0.6 is 23.4 Å². The number of benzene rings is 2. The monoisotopic (exact) mass is 365 g/mol. The lowest BCUT2D eigenvalue weighted by Gasteiger charge is -2.23. The summed E-state index contributed by atoms with van der Waals surface area (Å²) in [4.78, 5) is 14.1. The third-order valence-corrected chi connectivity index (χ3v) is 5.24. The van der Waals surface area contributed by atoms with Gasteiger partial charge in [-0.1, -0.05) is 29.4 Å². The summed E-state index contributed by atoms with van der Waals surface area (Å²) >= 11 is 7.26. The first-order chi connectivity index (χ1) is 11.6. The fourth-order valence-electron chi connectivity index (χ4n) is 2.66. The Bertz CT molecular complexity index is 718. The van der Waals surface area contributed by atoms with Crippen LogP contribution in [0.15, 0.2) is 52.3 Å². The van der Waals surface area contributed by atoms with Crippen molar-refractivity contribution in [3.05, 3.63) is 63.2 Å². The van der Waals surface area contributed by atoms with Gasteiger partial charge < -0.3 is 9.64 Å². The zero-order chi connectivity index (χ0) is 16.9. The Kier molecular flexibility index (Phi) is 5.73. The van der Waals surface area contributed by atoms with Crippen molar-refractivity contribution >= 4 is 29.1 Å². The molecule has 1 aliphatic rings. The molecule has 126 valence electrons. The predicted molar refractivity (Wildman–Crippen MR) is 93.9 cm³/mol. The third kappa shape index (κ3) is 4.48. The second-order valence-corrected chi connectivity index (χ2v) is 7.21. The van der Waals surface area contributed by atoms with Crippen LogP contribution < -0.4 is 4.90 Å². The predicted octanol–water partition coefficient (Wildman–Crippen LogP) is 2.81. The van der Waals surface area contributed by atoms with Crippen LogP contribution in [-0.2, 0) is 11.3 Å². The number of ether oxygens (including phenoxy) is 1. The molecule has 0 spiro atoms. The minimum atomic E-state index is -0.309. The van der Waals surface area contributed by atoms with Gasteiger partial charge in [0.1, 0.15) is 19.6 Å². The van der Waals surface area contributed by atoms with Gasteiger partial charge in [0.25, 0.3) is 5.69 Å². The number of rotatable bonds is 5. The van der Waals surface area contributed by atoms with Gasteiger partial charge in [0, 0.05) is 21.5 Å². The number of quaternary nitrogens is 1. The quantitative estimate of drug-likeness (QED) is 0.654. The van der Waals surface area contributed by atoms with Crippen molar-refractivity contribution < 1.29 is 14.6 Å². The molecule has 1 heterocycles. The summed E-state index contributed by atoms with van der Waals surface area (Å²) in [6.45, 7) is 4.17. The van der Waals surface area contributed by atoms with Gasteiger partial charge in [-0.05, 0) is 30.3 Å². The van der Waals surface area contributed by atoms with E-state index in [1.807, 2.05) is 24.3 Å².